The molecule has 0 spiro atoms. The zero-order chi connectivity index (χ0) is 15.5. The van der Waals surface area contributed by atoms with Crippen LogP contribution in [0.1, 0.15) is 16.1 Å². The number of carbonyl (C=O) groups excluding carboxylic acids is 1. The first-order valence-corrected chi connectivity index (χ1v) is 7.24. The molecule has 0 aliphatic rings. The molecular formula is C15H12BrN3O3. The lowest BCUT2D eigenvalue weighted by Gasteiger charge is -2.07. The van der Waals surface area contributed by atoms with E-state index in [1.807, 2.05) is 28.9 Å². The van der Waals surface area contributed by atoms with E-state index >= 15 is 0 Å². The molecule has 3 aromatic rings. The van der Waals surface area contributed by atoms with Gasteiger partial charge in [0.1, 0.15) is 18.0 Å². The van der Waals surface area contributed by atoms with Gasteiger partial charge in [0.15, 0.2) is 6.29 Å². The van der Waals surface area contributed by atoms with Gasteiger partial charge < -0.3 is 13.9 Å². The van der Waals surface area contributed by atoms with Crippen molar-refractivity contribution >= 4 is 27.9 Å². The third-order valence-corrected chi connectivity index (χ3v) is 3.52. The molecule has 7 heteroatoms. The van der Waals surface area contributed by atoms with Crippen molar-refractivity contribution in [1.82, 2.24) is 14.4 Å². The van der Waals surface area contributed by atoms with Gasteiger partial charge in [0, 0.05) is 22.9 Å². The molecule has 0 aromatic carbocycles. The first-order valence-electron chi connectivity index (χ1n) is 6.45. The monoisotopic (exact) mass is 361 g/mol. The maximum atomic E-state index is 11.1. The molecule has 0 aliphatic carbocycles. The standard InChI is InChI=1S/C15H12BrN3O3/c1-21-15-4-10(8-20)13(5-17-15)22-9-12-7-19-6-11(16)2-3-14(19)18-12/h2-8H,9H2,1H3. The van der Waals surface area contributed by atoms with Gasteiger partial charge >= 0.3 is 0 Å². The highest BCUT2D eigenvalue weighted by molar-refractivity contribution is 9.10. The van der Waals surface area contributed by atoms with Crippen LogP contribution in [-0.2, 0) is 6.61 Å². The van der Waals surface area contributed by atoms with Gasteiger partial charge in [0.25, 0.3) is 0 Å². The molecule has 22 heavy (non-hydrogen) atoms. The molecule has 112 valence electrons. The van der Waals surface area contributed by atoms with Gasteiger partial charge in [0.2, 0.25) is 5.88 Å². The molecule has 0 radical (unpaired) electrons. The zero-order valence-corrected chi connectivity index (χ0v) is 13.3. The topological polar surface area (TPSA) is 65.7 Å². The van der Waals surface area contributed by atoms with Crippen molar-refractivity contribution in [3.05, 3.63) is 52.5 Å². The highest BCUT2D eigenvalue weighted by Crippen LogP contribution is 2.21. The molecule has 0 N–H and O–H groups in total. The summed E-state index contributed by atoms with van der Waals surface area (Å²) in [7, 11) is 1.49. The minimum atomic E-state index is 0.244. The number of ether oxygens (including phenoxy) is 2. The quantitative estimate of drug-likeness (QED) is 0.653. The van der Waals surface area contributed by atoms with Crippen LogP contribution in [-0.4, -0.2) is 27.8 Å². The van der Waals surface area contributed by atoms with Gasteiger partial charge in [-0.2, -0.15) is 0 Å². The van der Waals surface area contributed by atoms with Gasteiger partial charge in [-0.05, 0) is 28.1 Å². The molecular weight excluding hydrogens is 350 g/mol. The Kier molecular flexibility index (Phi) is 4.06. The Hall–Kier alpha value is -2.41. The molecule has 0 amide bonds. The summed E-state index contributed by atoms with van der Waals surface area (Å²) in [6.07, 6.45) is 5.96. The molecule has 0 saturated carbocycles. The number of hydrogen-bond donors (Lipinski definition) is 0. The molecule has 3 heterocycles. The molecule has 0 atom stereocenters. The summed E-state index contributed by atoms with van der Waals surface area (Å²) in [5, 5.41) is 0. The van der Waals surface area contributed by atoms with Crippen LogP contribution in [0, 0.1) is 0 Å². The molecule has 0 fully saturated rings. The van der Waals surface area contributed by atoms with Crippen molar-refractivity contribution in [1.29, 1.82) is 0 Å². The Labute approximate surface area is 134 Å². The van der Waals surface area contributed by atoms with Gasteiger partial charge in [-0.25, -0.2) is 9.97 Å². The fourth-order valence-electron chi connectivity index (χ4n) is 2.00. The second-order valence-corrected chi connectivity index (χ2v) is 5.43. The van der Waals surface area contributed by atoms with E-state index in [9.17, 15) is 4.79 Å². The maximum Gasteiger partial charge on any atom is 0.213 e. The van der Waals surface area contributed by atoms with E-state index in [-0.39, 0.29) is 6.61 Å². The Morgan fingerprint density at radius 2 is 2.23 bits per heavy atom. The Bertz CT molecular complexity index is 832. The first kappa shape index (κ1) is 14.5. The van der Waals surface area contributed by atoms with Crippen LogP contribution in [0.25, 0.3) is 5.65 Å². The molecule has 6 nitrogen and oxygen atoms in total. The summed E-state index contributed by atoms with van der Waals surface area (Å²) in [5.41, 5.74) is 1.97. The minimum Gasteiger partial charge on any atom is -0.485 e. The number of halogens is 1. The van der Waals surface area contributed by atoms with Crippen molar-refractivity contribution < 1.29 is 14.3 Å². The van der Waals surface area contributed by atoms with Crippen LogP contribution in [0.15, 0.2) is 41.3 Å². The van der Waals surface area contributed by atoms with Crippen LogP contribution < -0.4 is 9.47 Å². The van der Waals surface area contributed by atoms with E-state index in [1.165, 1.54) is 19.4 Å². The summed E-state index contributed by atoms with van der Waals surface area (Å²) in [5.74, 6) is 0.765. The molecule has 0 unspecified atom stereocenters. The number of fused-ring (bicyclic) bond motifs is 1. The number of hydrogen-bond acceptors (Lipinski definition) is 5. The molecule has 0 saturated heterocycles. The molecule has 3 aromatic heterocycles. The van der Waals surface area contributed by atoms with E-state index in [4.69, 9.17) is 9.47 Å². The van der Waals surface area contributed by atoms with Gasteiger partial charge in [-0.1, -0.05) is 0 Å². The van der Waals surface area contributed by atoms with Gasteiger partial charge in [0.05, 0.1) is 24.6 Å². The number of pyridine rings is 2. The van der Waals surface area contributed by atoms with E-state index in [0.717, 1.165) is 15.8 Å². The van der Waals surface area contributed by atoms with Crippen LogP contribution in [0.4, 0.5) is 0 Å². The average molecular weight is 362 g/mol. The lowest BCUT2D eigenvalue weighted by molar-refractivity contribution is 0.111. The number of nitrogens with zero attached hydrogens (tertiary/aromatic N) is 3. The van der Waals surface area contributed by atoms with E-state index in [2.05, 4.69) is 25.9 Å². The fourth-order valence-corrected chi connectivity index (χ4v) is 2.35. The van der Waals surface area contributed by atoms with Crippen molar-refractivity contribution in [2.75, 3.05) is 7.11 Å². The number of carbonyl (C=O) groups is 1. The maximum absolute atomic E-state index is 11.1. The number of aromatic nitrogens is 3. The average Bonchev–Trinajstić information content (AvgIpc) is 2.94. The summed E-state index contributed by atoms with van der Waals surface area (Å²) < 4.78 is 13.5. The normalized spacial score (nSPS) is 10.6. The first-order chi connectivity index (χ1) is 10.7. The van der Waals surface area contributed by atoms with Crippen LogP contribution in [0.3, 0.4) is 0 Å². The lowest BCUT2D eigenvalue weighted by atomic mass is 10.2. The predicted molar refractivity (Wildman–Crippen MR) is 83.4 cm³/mol. The Morgan fingerprint density at radius 3 is 3.00 bits per heavy atom. The summed E-state index contributed by atoms with van der Waals surface area (Å²) in [6, 6.07) is 5.35. The number of rotatable bonds is 5. The number of methoxy groups -OCH3 is 1. The highest BCUT2D eigenvalue weighted by Gasteiger charge is 2.08. The third-order valence-electron chi connectivity index (χ3n) is 3.05. The Morgan fingerprint density at radius 1 is 1.36 bits per heavy atom. The second-order valence-electron chi connectivity index (χ2n) is 4.52. The minimum absolute atomic E-state index is 0.244. The summed E-state index contributed by atoms with van der Waals surface area (Å²) in [4.78, 5) is 19.6. The zero-order valence-electron chi connectivity index (χ0n) is 11.7. The SMILES string of the molecule is COc1cc(C=O)c(OCc2cn3cc(Br)ccc3n2)cn1. The van der Waals surface area contributed by atoms with Gasteiger partial charge in [-0.3, -0.25) is 4.79 Å². The van der Waals surface area contributed by atoms with E-state index in [0.29, 0.717) is 23.5 Å². The molecule has 3 rings (SSSR count). The van der Waals surface area contributed by atoms with Crippen LogP contribution in [0.2, 0.25) is 0 Å². The van der Waals surface area contributed by atoms with E-state index < -0.39 is 0 Å². The smallest absolute Gasteiger partial charge is 0.213 e. The Balaban J connectivity index is 1.80. The lowest BCUT2D eigenvalue weighted by Crippen LogP contribution is -2.00. The molecule has 0 bridgehead atoms. The summed E-state index contributed by atoms with van der Waals surface area (Å²) >= 11 is 3.41. The van der Waals surface area contributed by atoms with Gasteiger partial charge in [-0.15, -0.1) is 0 Å². The van der Waals surface area contributed by atoms with Crippen molar-refractivity contribution in [3.63, 3.8) is 0 Å². The van der Waals surface area contributed by atoms with E-state index in [1.54, 1.807) is 0 Å². The number of imidazole rings is 1. The third kappa shape index (κ3) is 2.94. The summed E-state index contributed by atoms with van der Waals surface area (Å²) in [6.45, 7) is 0.244. The largest absolute Gasteiger partial charge is 0.485 e. The highest BCUT2D eigenvalue weighted by atomic mass is 79.9. The molecule has 0 aliphatic heterocycles. The predicted octanol–water partition coefficient (Wildman–Crippen LogP) is 2.89. The van der Waals surface area contributed by atoms with Crippen molar-refractivity contribution in [3.8, 4) is 11.6 Å². The van der Waals surface area contributed by atoms with Crippen LogP contribution in [0.5, 0.6) is 11.6 Å². The number of aldehydes is 1. The fraction of sp³-hybridized carbons (Fsp3) is 0.133. The van der Waals surface area contributed by atoms with Crippen molar-refractivity contribution in [2.45, 2.75) is 6.61 Å². The van der Waals surface area contributed by atoms with Crippen LogP contribution >= 0.6 is 15.9 Å². The second kappa shape index (κ2) is 6.15. The van der Waals surface area contributed by atoms with Crippen molar-refractivity contribution in [2.24, 2.45) is 0 Å².